The minimum atomic E-state index is -3.80. The zero-order valence-corrected chi connectivity index (χ0v) is 11.3. The fourth-order valence-electron chi connectivity index (χ4n) is 1.69. The van der Waals surface area contributed by atoms with E-state index in [1.807, 2.05) is 6.92 Å². The number of amides is 1. The lowest BCUT2D eigenvalue weighted by atomic mass is 10.3. The Morgan fingerprint density at radius 1 is 1.50 bits per heavy atom. The average molecular weight is 289 g/mol. The highest BCUT2D eigenvalue weighted by Gasteiger charge is 2.39. The molecule has 0 radical (unpaired) electrons. The van der Waals surface area contributed by atoms with Crippen LogP contribution in [0.4, 0.5) is 5.69 Å². The van der Waals surface area contributed by atoms with E-state index < -0.39 is 10.0 Å². The number of sulfonamides is 1. The second kappa shape index (κ2) is 4.53. The van der Waals surface area contributed by atoms with Crippen molar-refractivity contribution in [1.82, 2.24) is 0 Å². The molecular formula is C11H13ClN2O3S. The van der Waals surface area contributed by atoms with Gasteiger partial charge < -0.3 is 5.32 Å². The number of carbonyl (C=O) groups is 1. The monoisotopic (exact) mass is 288 g/mol. The van der Waals surface area contributed by atoms with Gasteiger partial charge in [-0.3, -0.25) is 4.79 Å². The zero-order chi connectivity index (χ0) is 13.5. The summed E-state index contributed by atoms with van der Waals surface area (Å²) in [5.41, 5.74) is 0.271. The van der Waals surface area contributed by atoms with Crippen LogP contribution < -0.4 is 10.5 Å². The van der Waals surface area contributed by atoms with Crippen LogP contribution in [0.1, 0.15) is 13.3 Å². The van der Waals surface area contributed by atoms with Gasteiger partial charge in [0, 0.05) is 5.92 Å². The van der Waals surface area contributed by atoms with Gasteiger partial charge in [0.15, 0.2) is 0 Å². The molecule has 2 rings (SSSR count). The van der Waals surface area contributed by atoms with E-state index in [1.54, 1.807) is 0 Å². The van der Waals surface area contributed by atoms with E-state index in [0.29, 0.717) is 5.92 Å². The molecule has 3 N–H and O–H groups in total. The molecule has 7 heteroatoms. The topological polar surface area (TPSA) is 89.3 Å². The maximum absolute atomic E-state index is 11.7. The number of nitrogens with one attached hydrogen (secondary N) is 1. The summed E-state index contributed by atoms with van der Waals surface area (Å²) in [6.45, 7) is 1.98. The Balaban J connectivity index is 2.24. The number of carbonyl (C=O) groups excluding carboxylic acids is 1. The first-order valence-electron chi connectivity index (χ1n) is 5.42. The lowest BCUT2D eigenvalue weighted by Crippen LogP contribution is -2.16. The summed E-state index contributed by atoms with van der Waals surface area (Å²) in [6, 6.07) is 3.96. The van der Waals surface area contributed by atoms with Gasteiger partial charge in [0.25, 0.3) is 0 Å². The molecule has 1 aromatic rings. The van der Waals surface area contributed by atoms with Crippen LogP contribution in [0.2, 0.25) is 5.02 Å². The molecule has 1 amide bonds. The predicted molar refractivity (Wildman–Crippen MR) is 68.7 cm³/mol. The number of rotatable bonds is 3. The fourth-order valence-corrected chi connectivity index (χ4v) is 2.39. The molecular weight excluding hydrogens is 276 g/mol. The molecule has 18 heavy (non-hydrogen) atoms. The Kier molecular flexibility index (Phi) is 3.35. The van der Waals surface area contributed by atoms with Crippen molar-refractivity contribution in [2.45, 2.75) is 18.2 Å². The predicted octanol–water partition coefficient (Wildman–Crippen LogP) is 1.58. The van der Waals surface area contributed by atoms with Gasteiger partial charge in [-0.05, 0) is 30.5 Å². The molecule has 0 bridgehead atoms. The van der Waals surface area contributed by atoms with Gasteiger partial charge in [0.2, 0.25) is 15.9 Å². The highest BCUT2D eigenvalue weighted by molar-refractivity contribution is 7.89. The minimum Gasteiger partial charge on any atom is -0.324 e. The third-order valence-electron chi connectivity index (χ3n) is 2.97. The van der Waals surface area contributed by atoms with Crippen LogP contribution in [0.3, 0.4) is 0 Å². The van der Waals surface area contributed by atoms with Gasteiger partial charge in [-0.25, -0.2) is 13.6 Å². The Labute approximate surface area is 110 Å². The van der Waals surface area contributed by atoms with Gasteiger partial charge in [-0.1, -0.05) is 18.5 Å². The molecule has 1 saturated carbocycles. The summed E-state index contributed by atoms with van der Waals surface area (Å²) in [4.78, 5) is 11.7. The van der Waals surface area contributed by atoms with Crippen molar-refractivity contribution >= 4 is 33.2 Å². The fraction of sp³-hybridized carbons (Fsp3) is 0.364. The van der Waals surface area contributed by atoms with E-state index in [-0.39, 0.29) is 27.4 Å². The molecule has 2 unspecified atom stereocenters. The minimum absolute atomic E-state index is 0.0146. The number of primary sulfonamides is 1. The highest BCUT2D eigenvalue weighted by atomic mass is 35.5. The van der Waals surface area contributed by atoms with Crippen molar-refractivity contribution < 1.29 is 13.2 Å². The third-order valence-corrected chi connectivity index (χ3v) is 4.21. The van der Waals surface area contributed by atoms with Crippen molar-refractivity contribution in [3.8, 4) is 0 Å². The Bertz CT molecular complexity index is 600. The van der Waals surface area contributed by atoms with Crippen LogP contribution in [0.25, 0.3) is 0 Å². The number of benzene rings is 1. The Morgan fingerprint density at radius 3 is 2.61 bits per heavy atom. The van der Waals surface area contributed by atoms with Crippen LogP contribution in [0, 0.1) is 11.8 Å². The van der Waals surface area contributed by atoms with Crippen molar-refractivity contribution in [3.63, 3.8) is 0 Å². The highest BCUT2D eigenvalue weighted by Crippen LogP contribution is 2.39. The number of anilines is 1. The van der Waals surface area contributed by atoms with E-state index >= 15 is 0 Å². The Morgan fingerprint density at radius 2 is 2.11 bits per heavy atom. The molecule has 1 aliphatic carbocycles. The molecule has 5 nitrogen and oxygen atoms in total. The smallest absolute Gasteiger partial charge is 0.238 e. The molecule has 0 heterocycles. The van der Waals surface area contributed by atoms with Crippen molar-refractivity contribution in [3.05, 3.63) is 23.2 Å². The van der Waals surface area contributed by atoms with E-state index in [9.17, 15) is 13.2 Å². The number of hydrogen-bond donors (Lipinski definition) is 2. The molecule has 0 aromatic heterocycles. The normalized spacial score (nSPS) is 22.6. The Hall–Kier alpha value is -1.11. The van der Waals surface area contributed by atoms with Gasteiger partial charge in [-0.2, -0.15) is 0 Å². The van der Waals surface area contributed by atoms with Crippen molar-refractivity contribution in [2.24, 2.45) is 17.0 Å². The summed E-state index contributed by atoms with van der Waals surface area (Å²) >= 11 is 5.90. The van der Waals surface area contributed by atoms with Crippen LogP contribution in [-0.4, -0.2) is 14.3 Å². The van der Waals surface area contributed by atoms with Gasteiger partial charge in [-0.15, -0.1) is 0 Å². The molecule has 0 spiro atoms. The average Bonchev–Trinajstić information content (AvgIpc) is 2.97. The first-order chi connectivity index (χ1) is 8.29. The van der Waals surface area contributed by atoms with Gasteiger partial charge in [0.1, 0.15) is 0 Å². The van der Waals surface area contributed by atoms with E-state index in [0.717, 1.165) is 6.42 Å². The lowest BCUT2D eigenvalue weighted by molar-refractivity contribution is -0.117. The summed E-state index contributed by atoms with van der Waals surface area (Å²) in [5.74, 6) is 0.209. The van der Waals surface area contributed by atoms with Crippen LogP contribution in [0.5, 0.6) is 0 Å². The molecule has 1 aliphatic rings. The van der Waals surface area contributed by atoms with Crippen LogP contribution >= 0.6 is 11.6 Å². The number of nitrogens with two attached hydrogens (primary N) is 1. The number of hydrogen-bond acceptors (Lipinski definition) is 3. The summed E-state index contributed by atoms with van der Waals surface area (Å²) < 4.78 is 22.4. The van der Waals surface area contributed by atoms with Gasteiger partial charge >= 0.3 is 0 Å². The lowest BCUT2D eigenvalue weighted by Gasteiger charge is -2.08. The van der Waals surface area contributed by atoms with Gasteiger partial charge in [0.05, 0.1) is 15.6 Å². The largest absolute Gasteiger partial charge is 0.324 e. The SMILES string of the molecule is CC1CC1C(=O)Nc1cc(S(N)(=O)=O)ccc1Cl. The first-order valence-corrected chi connectivity index (χ1v) is 7.34. The second-order valence-electron chi connectivity index (χ2n) is 4.50. The zero-order valence-electron chi connectivity index (χ0n) is 9.68. The summed E-state index contributed by atoms with van der Waals surface area (Å²) in [7, 11) is -3.80. The van der Waals surface area contributed by atoms with E-state index in [1.165, 1.54) is 18.2 Å². The third kappa shape index (κ3) is 2.82. The quantitative estimate of drug-likeness (QED) is 0.885. The molecule has 1 fully saturated rings. The van der Waals surface area contributed by atoms with Crippen molar-refractivity contribution in [1.29, 1.82) is 0 Å². The summed E-state index contributed by atoms with van der Waals surface area (Å²) in [6.07, 6.45) is 0.846. The molecule has 0 aliphatic heterocycles. The second-order valence-corrected chi connectivity index (χ2v) is 6.46. The molecule has 98 valence electrons. The van der Waals surface area contributed by atoms with Crippen molar-refractivity contribution in [2.75, 3.05) is 5.32 Å². The summed E-state index contributed by atoms with van der Waals surface area (Å²) in [5, 5.41) is 7.92. The van der Waals surface area contributed by atoms with E-state index in [4.69, 9.17) is 16.7 Å². The van der Waals surface area contributed by atoms with Crippen LogP contribution in [-0.2, 0) is 14.8 Å². The maximum atomic E-state index is 11.7. The standard InChI is InChI=1S/C11H13ClN2O3S/c1-6-4-8(6)11(15)14-10-5-7(18(13,16)17)2-3-9(10)12/h2-3,5-6,8H,4H2,1H3,(H,14,15)(H2,13,16,17). The first kappa shape index (κ1) is 13.3. The molecule has 1 aromatic carbocycles. The maximum Gasteiger partial charge on any atom is 0.238 e. The molecule has 0 saturated heterocycles. The number of halogens is 1. The molecule has 2 atom stereocenters. The van der Waals surface area contributed by atoms with E-state index in [2.05, 4.69) is 5.32 Å². The van der Waals surface area contributed by atoms with Crippen LogP contribution in [0.15, 0.2) is 23.1 Å².